The minimum absolute atomic E-state index is 0.107. The number of alkyl halides is 8. The maximum Gasteiger partial charge on any atom is 0.432 e. The van der Waals surface area contributed by atoms with E-state index in [0.29, 0.717) is 0 Å². The molecule has 0 aliphatic rings. The number of carbonyl (C=O) groups excluding carboxylic acids is 1. The molecule has 0 fully saturated rings. The van der Waals surface area contributed by atoms with Crippen LogP contribution in [0.2, 0.25) is 0 Å². The SMILES string of the molecule is C=C(C)C(=O)OC(C)(C)C(F)(F)C(O)(C(F)(F)F)C(F)(F)F. The Morgan fingerprint density at radius 2 is 1.27 bits per heavy atom. The zero-order valence-electron chi connectivity index (χ0n) is 11.5. The molecule has 0 bridgehead atoms. The van der Waals surface area contributed by atoms with Crippen LogP contribution in [-0.4, -0.2) is 40.6 Å². The molecule has 130 valence electrons. The zero-order valence-corrected chi connectivity index (χ0v) is 11.5. The maximum atomic E-state index is 13.9. The lowest BCUT2D eigenvalue weighted by atomic mass is 9.83. The highest BCUT2D eigenvalue weighted by Gasteiger charge is 2.86. The number of hydrogen-bond donors (Lipinski definition) is 1. The van der Waals surface area contributed by atoms with Crippen LogP contribution in [0.25, 0.3) is 0 Å². The van der Waals surface area contributed by atoms with Gasteiger partial charge < -0.3 is 9.84 Å². The molecular formula is C11H12F8O3. The van der Waals surface area contributed by atoms with Crippen molar-refractivity contribution in [2.75, 3.05) is 0 Å². The fourth-order valence-corrected chi connectivity index (χ4v) is 1.34. The van der Waals surface area contributed by atoms with Crippen LogP contribution >= 0.6 is 0 Å². The Bertz CT molecular complexity index is 447. The summed E-state index contributed by atoms with van der Waals surface area (Å²) >= 11 is 0. The molecule has 0 amide bonds. The topological polar surface area (TPSA) is 46.5 Å². The number of esters is 1. The number of hydrogen-bond acceptors (Lipinski definition) is 3. The van der Waals surface area contributed by atoms with Crippen LogP contribution in [0.4, 0.5) is 35.1 Å². The van der Waals surface area contributed by atoms with Crippen LogP contribution in [0.1, 0.15) is 20.8 Å². The Labute approximate surface area is 119 Å². The fourth-order valence-electron chi connectivity index (χ4n) is 1.34. The molecule has 0 saturated carbocycles. The average Bonchev–Trinajstić information content (AvgIpc) is 2.23. The molecule has 0 rings (SSSR count). The summed E-state index contributed by atoms with van der Waals surface area (Å²) in [5, 5.41) is 8.79. The average molecular weight is 344 g/mol. The smallest absolute Gasteiger partial charge is 0.432 e. The maximum absolute atomic E-state index is 13.9. The Kier molecular flexibility index (Phi) is 5.02. The highest BCUT2D eigenvalue weighted by Crippen LogP contribution is 2.55. The van der Waals surface area contributed by atoms with Gasteiger partial charge in [-0.05, 0) is 20.8 Å². The molecule has 0 spiro atoms. The van der Waals surface area contributed by atoms with E-state index in [2.05, 4.69) is 11.3 Å². The molecule has 0 unspecified atom stereocenters. The van der Waals surface area contributed by atoms with Gasteiger partial charge in [0.15, 0.2) is 5.60 Å². The number of carbonyl (C=O) groups is 1. The summed E-state index contributed by atoms with van der Waals surface area (Å²) in [6.45, 7) is 4.11. The van der Waals surface area contributed by atoms with Gasteiger partial charge >= 0.3 is 29.8 Å². The van der Waals surface area contributed by atoms with E-state index in [-0.39, 0.29) is 13.8 Å². The molecule has 0 radical (unpaired) electrons. The van der Waals surface area contributed by atoms with Gasteiger partial charge in [0, 0.05) is 5.57 Å². The summed E-state index contributed by atoms with van der Waals surface area (Å²) in [5.41, 5.74) is -10.6. The Hall–Kier alpha value is -1.39. The van der Waals surface area contributed by atoms with E-state index < -0.39 is 41.0 Å². The molecule has 0 atom stereocenters. The summed E-state index contributed by atoms with van der Waals surface area (Å²) < 4.78 is 107. The lowest BCUT2D eigenvalue weighted by Crippen LogP contribution is -2.73. The molecule has 3 nitrogen and oxygen atoms in total. The molecule has 0 aliphatic carbocycles. The number of rotatable bonds is 4. The summed E-state index contributed by atoms with van der Waals surface area (Å²) in [4.78, 5) is 11.1. The minimum atomic E-state index is -6.78. The molecule has 0 aromatic carbocycles. The van der Waals surface area contributed by atoms with Crippen LogP contribution in [0, 0.1) is 0 Å². The van der Waals surface area contributed by atoms with E-state index in [1.165, 1.54) is 0 Å². The van der Waals surface area contributed by atoms with Crippen molar-refractivity contribution in [1.82, 2.24) is 0 Å². The first-order chi connectivity index (χ1) is 9.33. The lowest BCUT2D eigenvalue weighted by Gasteiger charge is -2.44. The van der Waals surface area contributed by atoms with Gasteiger partial charge in [-0.2, -0.15) is 35.1 Å². The third-order valence-electron chi connectivity index (χ3n) is 2.73. The predicted molar refractivity (Wildman–Crippen MR) is 57.0 cm³/mol. The van der Waals surface area contributed by atoms with Crippen LogP contribution in [0.5, 0.6) is 0 Å². The molecule has 0 aromatic heterocycles. The van der Waals surface area contributed by atoms with Crippen molar-refractivity contribution in [3.05, 3.63) is 12.2 Å². The van der Waals surface area contributed by atoms with E-state index in [0.717, 1.165) is 6.92 Å². The van der Waals surface area contributed by atoms with Gasteiger partial charge in [0.25, 0.3) is 0 Å². The van der Waals surface area contributed by atoms with E-state index in [4.69, 9.17) is 5.11 Å². The minimum Gasteiger partial charge on any atom is -0.450 e. The van der Waals surface area contributed by atoms with Gasteiger partial charge in [-0.1, -0.05) is 6.58 Å². The van der Waals surface area contributed by atoms with Gasteiger partial charge in [0.05, 0.1) is 0 Å². The third kappa shape index (κ3) is 3.03. The third-order valence-corrected chi connectivity index (χ3v) is 2.73. The van der Waals surface area contributed by atoms with Gasteiger partial charge in [-0.25, -0.2) is 4.79 Å². The van der Waals surface area contributed by atoms with E-state index >= 15 is 0 Å². The molecule has 0 aromatic rings. The molecule has 11 heteroatoms. The number of ether oxygens (including phenoxy) is 1. The molecular weight excluding hydrogens is 332 g/mol. The van der Waals surface area contributed by atoms with Crippen molar-refractivity contribution in [1.29, 1.82) is 0 Å². The first-order valence-electron chi connectivity index (χ1n) is 5.45. The fraction of sp³-hybridized carbons (Fsp3) is 0.727. The highest BCUT2D eigenvalue weighted by atomic mass is 19.4. The van der Waals surface area contributed by atoms with Crippen LogP contribution in [0.15, 0.2) is 12.2 Å². The quantitative estimate of drug-likeness (QED) is 0.483. The van der Waals surface area contributed by atoms with Crippen molar-refractivity contribution < 1.29 is 49.8 Å². The van der Waals surface area contributed by atoms with Crippen molar-refractivity contribution >= 4 is 5.97 Å². The first-order valence-corrected chi connectivity index (χ1v) is 5.45. The van der Waals surface area contributed by atoms with Gasteiger partial charge in [0.2, 0.25) is 0 Å². The van der Waals surface area contributed by atoms with Gasteiger partial charge in [0.1, 0.15) is 0 Å². The Morgan fingerprint density at radius 3 is 1.50 bits per heavy atom. The van der Waals surface area contributed by atoms with Crippen LogP contribution in [0.3, 0.4) is 0 Å². The van der Waals surface area contributed by atoms with Crippen LogP contribution in [-0.2, 0) is 9.53 Å². The summed E-state index contributed by atoms with van der Waals surface area (Å²) in [7, 11) is 0. The monoisotopic (exact) mass is 344 g/mol. The van der Waals surface area contributed by atoms with E-state index in [1.54, 1.807) is 0 Å². The summed E-state index contributed by atoms with van der Waals surface area (Å²) in [6.07, 6.45) is -13.6. The summed E-state index contributed by atoms with van der Waals surface area (Å²) in [6, 6.07) is 0. The number of aliphatic hydroxyl groups is 1. The Balaban J connectivity index is 6.14. The molecule has 0 heterocycles. The van der Waals surface area contributed by atoms with Crippen molar-refractivity contribution in [2.24, 2.45) is 0 Å². The predicted octanol–water partition coefficient (Wildman–Crippen LogP) is 3.38. The van der Waals surface area contributed by atoms with Crippen LogP contribution < -0.4 is 0 Å². The Morgan fingerprint density at radius 1 is 0.955 bits per heavy atom. The zero-order chi connectivity index (χ0) is 18.4. The van der Waals surface area contributed by atoms with Gasteiger partial charge in [-0.15, -0.1) is 0 Å². The lowest BCUT2D eigenvalue weighted by molar-refractivity contribution is -0.441. The second-order valence-electron chi connectivity index (χ2n) is 4.96. The first kappa shape index (κ1) is 20.6. The van der Waals surface area contributed by atoms with Gasteiger partial charge in [-0.3, -0.25) is 0 Å². The largest absolute Gasteiger partial charge is 0.450 e. The highest BCUT2D eigenvalue weighted by molar-refractivity contribution is 5.87. The normalized spacial score (nSPS) is 14.7. The second kappa shape index (κ2) is 5.36. The summed E-state index contributed by atoms with van der Waals surface area (Å²) in [5.74, 6) is -7.59. The number of halogens is 8. The van der Waals surface area contributed by atoms with E-state index in [1.807, 2.05) is 0 Å². The second-order valence-corrected chi connectivity index (χ2v) is 4.96. The molecule has 1 N–H and O–H groups in total. The molecule has 22 heavy (non-hydrogen) atoms. The van der Waals surface area contributed by atoms with Crippen molar-refractivity contribution in [3.63, 3.8) is 0 Å². The molecule has 0 saturated heterocycles. The standard InChI is InChI=1S/C11H12F8O3/c1-5(2)6(20)22-7(3,4)9(12,13)8(21,10(14,15)16)11(17,18)19/h21H,1H2,2-4H3. The molecule has 0 aliphatic heterocycles. The van der Waals surface area contributed by atoms with Crippen molar-refractivity contribution in [2.45, 2.75) is 50.2 Å². The van der Waals surface area contributed by atoms with Crippen molar-refractivity contribution in [3.8, 4) is 0 Å². The van der Waals surface area contributed by atoms with E-state index in [9.17, 15) is 39.9 Å².